The highest BCUT2D eigenvalue weighted by molar-refractivity contribution is 8.00. The zero-order valence-electron chi connectivity index (χ0n) is 19.4. The summed E-state index contributed by atoms with van der Waals surface area (Å²) >= 11 is 1.44. The summed E-state index contributed by atoms with van der Waals surface area (Å²) in [5.74, 6) is -0.699. The number of hydrogen-bond acceptors (Lipinski definition) is 7. The van der Waals surface area contributed by atoms with Crippen molar-refractivity contribution < 1.29 is 27.8 Å². The van der Waals surface area contributed by atoms with E-state index in [9.17, 15) is 13.6 Å². The Morgan fingerprint density at radius 3 is 2.83 bits per heavy atom. The summed E-state index contributed by atoms with van der Waals surface area (Å²) in [6.07, 6.45) is 1.72. The molecular weight excluding hydrogens is 486 g/mol. The molecular formula is C27H22F2N2O4S. The number of thioether (sulfide) groups is 1. The molecule has 2 aromatic heterocycles. The standard InChI is InChI=1S/C27H22F2N2O4S/c1-2-33-26(32)15-36-27-19-4-3-9-30-24(19)14-35-25-8-7-18(11-20(25)27)34-13-17-6-5-16-10-21(28)22(29)12-23(16)31-17/h3-12,27H,2,13-15H2,1H3. The normalized spacial score (nSPS) is 14.4. The number of hydrogen-bond donors (Lipinski definition) is 0. The van der Waals surface area contributed by atoms with Crippen molar-refractivity contribution >= 4 is 28.6 Å². The van der Waals surface area contributed by atoms with Crippen LogP contribution in [0.25, 0.3) is 10.9 Å². The molecule has 0 N–H and O–H groups in total. The Morgan fingerprint density at radius 1 is 1.11 bits per heavy atom. The van der Waals surface area contributed by atoms with Gasteiger partial charge in [0.1, 0.15) is 24.7 Å². The van der Waals surface area contributed by atoms with Crippen LogP contribution in [0.4, 0.5) is 8.78 Å². The lowest BCUT2D eigenvalue weighted by atomic mass is 10.0. The van der Waals surface area contributed by atoms with Crippen LogP contribution >= 0.6 is 11.8 Å². The summed E-state index contributed by atoms with van der Waals surface area (Å²) in [7, 11) is 0. The summed E-state index contributed by atoms with van der Waals surface area (Å²) in [6, 6.07) is 15.0. The minimum absolute atomic E-state index is 0.132. The number of ether oxygens (including phenoxy) is 3. The van der Waals surface area contributed by atoms with E-state index in [-0.39, 0.29) is 23.6 Å². The predicted octanol–water partition coefficient (Wildman–Crippen LogP) is 5.77. The van der Waals surface area contributed by atoms with Gasteiger partial charge in [-0.05, 0) is 48.9 Å². The third-order valence-electron chi connectivity index (χ3n) is 5.68. The lowest BCUT2D eigenvalue weighted by Crippen LogP contribution is -2.10. The first-order valence-electron chi connectivity index (χ1n) is 11.4. The lowest BCUT2D eigenvalue weighted by Gasteiger charge is -2.19. The Morgan fingerprint density at radius 2 is 1.97 bits per heavy atom. The van der Waals surface area contributed by atoms with Crippen LogP contribution in [0.3, 0.4) is 0 Å². The van der Waals surface area contributed by atoms with Gasteiger partial charge in [0, 0.05) is 23.2 Å². The highest BCUT2D eigenvalue weighted by atomic mass is 32.2. The van der Waals surface area contributed by atoms with Gasteiger partial charge in [0.15, 0.2) is 11.6 Å². The number of fused-ring (bicyclic) bond motifs is 3. The molecule has 0 amide bonds. The Balaban J connectivity index is 1.40. The summed E-state index contributed by atoms with van der Waals surface area (Å²) < 4.78 is 44.2. The van der Waals surface area contributed by atoms with E-state index in [2.05, 4.69) is 9.97 Å². The van der Waals surface area contributed by atoms with Gasteiger partial charge in [0.25, 0.3) is 0 Å². The van der Waals surface area contributed by atoms with Crippen LogP contribution < -0.4 is 9.47 Å². The number of carbonyl (C=O) groups is 1. The maximum Gasteiger partial charge on any atom is 0.315 e. The predicted molar refractivity (Wildman–Crippen MR) is 132 cm³/mol. The molecule has 4 aromatic rings. The van der Waals surface area contributed by atoms with Gasteiger partial charge < -0.3 is 14.2 Å². The Kier molecular flexibility index (Phi) is 6.99. The summed E-state index contributed by atoms with van der Waals surface area (Å²) in [5, 5.41) is 0.296. The molecule has 0 saturated heterocycles. The average molecular weight is 509 g/mol. The summed E-state index contributed by atoms with van der Waals surface area (Å²) in [4.78, 5) is 20.9. The van der Waals surface area contributed by atoms with Crippen LogP contribution in [-0.4, -0.2) is 28.3 Å². The first kappa shape index (κ1) is 24.0. The number of pyridine rings is 2. The maximum absolute atomic E-state index is 13.6. The number of carbonyl (C=O) groups excluding carboxylic acids is 1. The highest BCUT2D eigenvalue weighted by Crippen LogP contribution is 2.45. The fourth-order valence-corrected chi connectivity index (χ4v) is 5.15. The van der Waals surface area contributed by atoms with Gasteiger partial charge in [-0.25, -0.2) is 13.8 Å². The molecule has 0 bridgehead atoms. The van der Waals surface area contributed by atoms with Gasteiger partial charge in [-0.1, -0.05) is 12.1 Å². The van der Waals surface area contributed by atoms with Crippen molar-refractivity contribution in [1.29, 1.82) is 0 Å². The van der Waals surface area contributed by atoms with Gasteiger partial charge in [-0.15, -0.1) is 11.8 Å². The lowest BCUT2D eigenvalue weighted by molar-refractivity contribution is -0.139. The molecule has 0 radical (unpaired) electrons. The zero-order valence-corrected chi connectivity index (χ0v) is 20.2. The van der Waals surface area contributed by atoms with Crippen molar-refractivity contribution in [2.75, 3.05) is 12.4 Å². The van der Waals surface area contributed by atoms with Crippen molar-refractivity contribution in [3.8, 4) is 11.5 Å². The van der Waals surface area contributed by atoms with E-state index in [1.807, 2.05) is 24.3 Å². The van der Waals surface area contributed by atoms with E-state index in [0.717, 1.165) is 29.0 Å². The van der Waals surface area contributed by atoms with Gasteiger partial charge in [0.05, 0.1) is 34.5 Å². The van der Waals surface area contributed by atoms with E-state index < -0.39 is 11.6 Å². The second-order valence-electron chi connectivity index (χ2n) is 8.07. The number of rotatable bonds is 7. The molecule has 1 unspecified atom stereocenters. The molecule has 1 aliphatic heterocycles. The van der Waals surface area contributed by atoms with Gasteiger partial charge >= 0.3 is 5.97 Å². The van der Waals surface area contributed by atoms with E-state index in [4.69, 9.17) is 14.2 Å². The number of nitrogens with zero attached hydrogens (tertiary/aromatic N) is 2. The maximum atomic E-state index is 13.6. The monoisotopic (exact) mass is 508 g/mol. The van der Waals surface area contributed by atoms with E-state index >= 15 is 0 Å². The Bertz CT molecular complexity index is 1430. The average Bonchev–Trinajstić information content (AvgIpc) is 3.03. The van der Waals surface area contributed by atoms with Crippen LogP contribution in [0.1, 0.15) is 34.7 Å². The highest BCUT2D eigenvalue weighted by Gasteiger charge is 2.27. The number of esters is 1. The molecule has 36 heavy (non-hydrogen) atoms. The number of aromatic nitrogens is 2. The first-order chi connectivity index (χ1) is 17.5. The molecule has 184 valence electrons. The fraction of sp³-hybridized carbons (Fsp3) is 0.222. The van der Waals surface area contributed by atoms with Gasteiger partial charge in [-0.3, -0.25) is 9.78 Å². The van der Waals surface area contributed by atoms with Crippen LogP contribution in [0.2, 0.25) is 0 Å². The van der Waals surface area contributed by atoms with Crippen molar-refractivity contribution in [2.24, 2.45) is 0 Å². The Hall–Kier alpha value is -3.72. The molecule has 0 saturated carbocycles. The molecule has 6 nitrogen and oxygen atoms in total. The van der Waals surface area contributed by atoms with Crippen LogP contribution in [-0.2, 0) is 22.7 Å². The van der Waals surface area contributed by atoms with Crippen molar-refractivity contribution in [2.45, 2.75) is 25.4 Å². The van der Waals surface area contributed by atoms with Crippen molar-refractivity contribution in [3.63, 3.8) is 0 Å². The largest absolute Gasteiger partial charge is 0.487 e. The third-order valence-corrected chi connectivity index (χ3v) is 6.93. The second-order valence-corrected chi connectivity index (χ2v) is 9.17. The van der Waals surface area contributed by atoms with E-state index in [1.165, 1.54) is 11.8 Å². The molecule has 5 rings (SSSR count). The molecule has 3 heterocycles. The van der Waals surface area contributed by atoms with Crippen LogP contribution in [0.15, 0.2) is 60.8 Å². The molecule has 0 spiro atoms. The van der Waals surface area contributed by atoms with Crippen molar-refractivity contribution in [1.82, 2.24) is 9.97 Å². The minimum atomic E-state index is -0.944. The number of halogens is 2. The summed E-state index contributed by atoms with van der Waals surface area (Å²) in [6.45, 7) is 2.55. The smallest absolute Gasteiger partial charge is 0.315 e. The Labute approximate surface area is 210 Å². The topological polar surface area (TPSA) is 70.5 Å². The molecule has 1 aliphatic rings. The minimum Gasteiger partial charge on any atom is -0.487 e. The van der Waals surface area contributed by atoms with Gasteiger partial charge in [0.2, 0.25) is 0 Å². The molecule has 1 atom stereocenters. The van der Waals surface area contributed by atoms with Crippen LogP contribution in [0, 0.1) is 11.6 Å². The van der Waals surface area contributed by atoms with Gasteiger partial charge in [-0.2, -0.15) is 0 Å². The quantitative estimate of drug-likeness (QED) is 0.294. The van der Waals surface area contributed by atoms with E-state index in [0.29, 0.717) is 41.3 Å². The third kappa shape index (κ3) is 5.11. The molecule has 0 fully saturated rings. The fourth-order valence-electron chi connectivity index (χ4n) is 4.01. The SMILES string of the molecule is CCOC(=O)CSC1c2cc(OCc3ccc4cc(F)c(F)cc4n3)ccc2OCc2ncccc21. The summed E-state index contributed by atoms with van der Waals surface area (Å²) in [5.41, 5.74) is 3.56. The van der Waals surface area contributed by atoms with Crippen molar-refractivity contribution in [3.05, 3.63) is 94.9 Å². The molecule has 0 aliphatic carbocycles. The van der Waals surface area contributed by atoms with E-state index in [1.54, 1.807) is 31.3 Å². The second kappa shape index (κ2) is 10.5. The molecule has 9 heteroatoms. The zero-order chi connectivity index (χ0) is 25.1. The van der Waals surface area contributed by atoms with Crippen LogP contribution in [0.5, 0.6) is 11.5 Å². The first-order valence-corrected chi connectivity index (χ1v) is 12.4. The number of benzene rings is 2. The molecule has 2 aromatic carbocycles.